The van der Waals surface area contributed by atoms with Crippen LogP contribution < -0.4 is 10.1 Å². The van der Waals surface area contributed by atoms with Gasteiger partial charge in [-0.05, 0) is 18.2 Å². The van der Waals surface area contributed by atoms with Gasteiger partial charge in [0.15, 0.2) is 0 Å². The van der Waals surface area contributed by atoms with Crippen LogP contribution in [0.4, 0.5) is 0 Å². The van der Waals surface area contributed by atoms with E-state index in [0.29, 0.717) is 15.4 Å². The second-order valence-electron chi connectivity index (χ2n) is 7.32. The monoisotopic (exact) mass is 502 g/mol. The lowest BCUT2D eigenvalue weighted by Crippen LogP contribution is -2.68. The minimum atomic E-state index is -2.45. The van der Waals surface area contributed by atoms with Crippen LogP contribution in [-0.2, 0) is 14.3 Å². The maximum atomic E-state index is 12.2. The van der Waals surface area contributed by atoms with Gasteiger partial charge in [0.05, 0.1) is 25.2 Å². The zero-order chi connectivity index (χ0) is 22.9. The first-order valence-corrected chi connectivity index (χ1v) is 10.2. The summed E-state index contributed by atoms with van der Waals surface area (Å²) >= 11 is 3.33. The number of carboxylic acids is 1. The number of carboxylic acid groups (broad SMARTS) is 1. The summed E-state index contributed by atoms with van der Waals surface area (Å²) in [5.74, 6) is -4.51. The molecule has 6 atom stereocenters. The Bertz CT molecular complexity index is 967. The lowest BCUT2D eigenvalue weighted by Gasteiger charge is -2.46. The zero-order valence-corrected chi connectivity index (χ0v) is 17.9. The van der Waals surface area contributed by atoms with E-state index in [2.05, 4.69) is 26.2 Å². The second kappa shape index (κ2) is 9.10. The lowest BCUT2D eigenvalue weighted by atomic mass is 9.88. The number of aromatic nitrogens is 1. The van der Waals surface area contributed by atoms with Crippen molar-refractivity contribution in [2.24, 2.45) is 0 Å². The number of amides is 1. The molecule has 7 N–H and O–H groups in total. The standard InChI is InChI=1S/C19H23BrN2O9/c1-8(24)22-15-12(25)5-19(18(28)29,31-17(15)16(27)13(26)7-23)30-14-6-21-11-3-2-9(20)4-10(11)14/h2-4,6,12-13,15-17,21,23,25-27H,5,7H2,1H3,(H,22,24)(H,28,29)/t12-,13+,15+,16+,17+,19+/m0/s1. The van der Waals surface area contributed by atoms with Gasteiger partial charge in [0.2, 0.25) is 5.91 Å². The Hall–Kier alpha value is -2.22. The average Bonchev–Trinajstić information content (AvgIpc) is 3.09. The van der Waals surface area contributed by atoms with Gasteiger partial charge in [0.25, 0.3) is 0 Å². The number of nitrogens with one attached hydrogen (secondary N) is 2. The molecule has 1 fully saturated rings. The van der Waals surface area contributed by atoms with Gasteiger partial charge in [-0.25, -0.2) is 4.79 Å². The molecule has 0 saturated carbocycles. The zero-order valence-electron chi connectivity index (χ0n) is 16.4. The van der Waals surface area contributed by atoms with Crippen LogP contribution in [0, 0.1) is 0 Å². The number of carbonyl (C=O) groups is 2. The van der Waals surface area contributed by atoms with E-state index in [-0.39, 0.29) is 5.75 Å². The number of aliphatic carboxylic acids is 1. The fourth-order valence-electron chi connectivity index (χ4n) is 3.56. The molecule has 2 heterocycles. The Balaban J connectivity index is 2.01. The quantitative estimate of drug-likeness (QED) is 0.261. The van der Waals surface area contributed by atoms with Gasteiger partial charge >= 0.3 is 11.8 Å². The average molecular weight is 503 g/mol. The smallest absolute Gasteiger partial charge is 0.377 e. The molecule has 31 heavy (non-hydrogen) atoms. The SMILES string of the molecule is CC(=O)N[C@H]1[C@H]([C@H](O)[C@H](O)CO)O[C@@](Oc2c[nH]c3ccc(Br)cc23)(C(=O)O)C[C@@H]1O. The van der Waals surface area contributed by atoms with Crippen molar-refractivity contribution in [2.75, 3.05) is 6.61 Å². The van der Waals surface area contributed by atoms with Crippen LogP contribution in [0.15, 0.2) is 28.9 Å². The summed E-state index contributed by atoms with van der Waals surface area (Å²) in [6.07, 6.45) is -5.85. The molecule has 0 radical (unpaired) electrons. The highest BCUT2D eigenvalue weighted by molar-refractivity contribution is 9.10. The molecule has 1 aromatic heterocycles. The molecule has 11 nitrogen and oxygen atoms in total. The minimum Gasteiger partial charge on any atom is -0.476 e. The maximum Gasteiger partial charge on any atom is 0.377 e. The fraction of sp³-hybridized carbons (Fsp3) is 0.474. The molecule has 1 aliphatic rings. The number of aromatic amines is 1. The van der Waals surface area contributed by atoms with Crippen molar-refractivity contribution < 1.29 is 44.6 Å². The number of fused-ring (bicyclic) bond motifs is 1. The van der Waals surface area contributed by atoms with E-state index in [1.165, 1.54) is 6.20 Å². The molecule has 1 aromatic carbocycles. The van der Waals surface area contributed by atoms with Crippen LogP contribution in [0.1, 0.15) is 13.3 Å². The summed E-state index contributed by atoms with van der Waals surface area (Å²) in [7, 11) is 0. The number of rotatable bonds is 7. The van der Waals surface area contributed by atoms with Crippen molar-refractivity contribution in [1.29, 1.82) is 0 Å². The Kier molecular flexibility index (Phi) is 6.88. The third-order valence-corrected chi connectivity index (χ3v) is 5.56. The van der Waals surface area contributed by atoms with Gasteiger partial charge in [-0.1, -0.05) is 15.9 Å². The number of halogens is 1. The third kappa shape index (κ3) is 4.68. The van der Waals surface area contributed by atoms with Crippen molar-refractivity contribution in [3.8, 4) is 5.75 Å². The molecule has 170 valence electrons. The Morgan fingerprint density at radius 1 is 1.42 bits per heavy atom. The van der Waals surface area contributed by atoms with Crippen LogP contribution in [0.3, 0.4) is 0 Å². The first-order chi connectivity index (χ1) is 14.6. The highest BCUT2D eigenvalue weighted by atomic mass is 79.9. The first-order valence-electron chi connectivity index (χ1n) is 9.37. The highest BCUT2D eigenvalue weighted by Gasteiger charge is 2.56. The molecule has 0 aliphatic carbocycles. The van der Waals surface area contributed by atoms with Crippen LogP contribution in [0.25, 0.3) is 10.9 Å². The summed E-state index contributed by atoms with van der Waals surface area (Å²) in [5.41, 5.74) is 0.651. The van der Waals surface area contributed by atoms with E-state index in [4.69, 9.17) is 9.47 Å². The van der Waals surface area contributed by atoms with Gasteiger partial charge in [-0.15, -0.1) is 0 Å². The summed E-state index contributed by atoms with van der Waals surface area (Å²) in [6, 6.07) is 3.95. The molecule has 0 spiro atoms. The minimum absolute atomic E-state index is 0.111. The Morgan fingerprint density at radius 3 is 2.74 bits per heavy atom. The molecule has 3 rings (SSSR count). The number of aliphatic hydroxyl groups is 4. The summed E-state index contributed by atoms with van der Waals surface area (Å²) in [5, 5.41) is 53.0. The van der Waals surface area contributed by atoms with Crippen molar-refractivity contribution in [1.82, 2.24) is 10.3 Å². The van der Waals surface area contributed by atoms with Crippen LogP contribution in [-0.4, -0.2) is 85.2 Å². The molecule has 1 saturated heterocycles. The largest absolute Gasteiger partial charge is 0.476 e. The fourth-order valence-corrected chi connectivity index (χ4v) is 3.92. The molecular weight excluding hydrogens is 480 g/mol. The molecule has 1 aliphatic heterocycles. The normalized spacial score (nSPS) is 28.1. The third-order valence-electron chi connectivity index (χ3n) is 5.07. The van der Waals surface area contributed by atoms with E-state index in [1.807, 2.05) is 0 Å². The molecule has 12 heteroatoms. The maximum absolute atomic E-state index is 12.2. The van der Waals surface area contributed by atoms with Crippen molar-refractivity contribution in [2.45, 2.75) is 49.6 Å². The number of benzene rings is 1. The van der Waals surface area contributed by atoms with Gasteiger partial charge in [-0.3, -0.25) is 4.79 Å². The highest BCUT2D eigenvalue weighted by Crippen LogP contribution is 2.37. The molecule has 1 amide bonds. The van der Waals surface area contributed by atoms with Gasteiger partial charge < -0.3 is 45.3 Å². The van der Waals surface area contributed by atoms with Crippen LogP contribution in [0.5, 0.6) is 5.75 Å². The molecular formula is C19H23BrN2O9. The molecule has 0 unspecified atom stereocenters. The number of H-pyrrole nitrogens is 1. The number of aliphatic hydroxyl groups excluding tert-OH is 4. The molecule has 2 aromatic rings. The van der Waals surface area contributed by atoms with Crippen LogP contribution >= 0.6 is 15.9 Å². The number of carbonyl (C=O) groups excluding carboxylic acids is 1. The topological polar surface area (TPSA) is 182 Å². The predicted octanol–water partition coefficient (Wildman–Crippen LogP) is -0.541. The van der Waals surface area contributed by atoms with Gasteiger partial charge in [-0.2, -0.15) is 0 Å². The lowest BCUT2D eigenvalue weighted by molar-refractivity contribution is -0.284. The first kappa shape index (κ1) is 23.4. The predicted molar refractivity (Wildman–Crippen MR) is 109 cm³/mol. The van der Waals surface area contributed by atoms with Gasteiger partial charge in [0.1, 0.15) is 24.1 Å². The van der Waals surface area contributed by atoms with E-state index in [9.17, 15) is 35.1 Å². The number of ether oxygens (including phenoxy) is 2. The second-order valence-corrected chi connectivity index (χ2v) is 8.24. The van der Waals surface area contributed by atoms with Gasteiger partial charge in [0, 0.05) is 28.5 Å². The van der Waals surface area contributed by atoms with E-state index < -0.39 is 61.1 Å². The summed E-state index contributed by atoms with van der Waals surface area (Å²) in [6.45, 7) is 0.305. The van der Waals surface area contributed by atoms with E-state index in [0.717, 1.165) is 6.92 Å². The van der Waals surface area contributed by atoms with Crippen molar-refractivity contribution in [3.05, 3.63) is 28.9 Å². The number of hydrogen-bond donors (Lipinski definition) is 7. The van der Waals surface area contributed by atoms with Crippen molar-refractivity contribution >= 4 is 38.7 Å². The van der Waals surface area contributed by atoms with Crippen LogP contribution in [0.2, 0.25) is 0 Å². The number of hydrogen-bond acceptors (Lipinski definition) is 8. The van der Waals surface area contributed by atoms with E-state index >= 15 is 0 Å². The van der Waals surface area contributed by atoms with Crippen molar-refractivity contribution in [3.63, 3.8) is 0 Å². The van der Waals surface area contributed by atoms with E-state index in [1.54, 1.807) is 18.2 Å². The summed E-state index contributed by atoms with van der Waals surface area (Å²) in [4.78, 5) is 26.7. The Labute approximate surface area is 184 Å². The summed E-state index contributed by atoms with van der Waals surface area (Å²) < 4.78 is 12.1. The molecule has 0 bridgehead atoms. The Morgan fingerprint density at radius 2 is 2.13 bits per heavy atom.